The Morgan fingerprint density at radius 3 is 2.45 bits per heavy atom. The van der Waals surface area contributed by atoms with E-state index in [0.717, 1.165) is 6.07 Å². The number of nitrogens with one attached hydrogen (secondary N) is 1. The molecule has 0 aliphatic carbocycles. The fourth-order valence-corrected chi connectivity index (χ4v) is 3.29. The molecule has 0 spiro atoms. The lowest BCUT2D eigenvalue weighted by Gasteiger charge is -2.18. The molecular weight excluding hydrogens is 283 g/mol. The van der Waals surface area contributed by atoms with Crippen molar-refractivity contribution in [2.45, 2.75) is 38.1 Å². The summed E-state index contributed by atoms with van der Waals surface area (Å²) in [5.74, 6) is -0.389. The van der Waals surface area contributed by atoms with Gasteiger partial charge in [-0.15, -0.1) is 0 Å². The van der Waals surface area contributed by atoms with Crippen LogP contribution in [0.15, 0.2) is 17.0 Å². The Kier molecular flexibility index (Phi) is 5.50. The maximum absolute atomic E-state index is 13.4. The highest BCUT2D eigenvalue weighted by molar-refractivity contribution is 7.89. The van der Waals surface area contributed by atoms with Gasteiger partial charge in [-0.2, -0.15) is 0 Å². The Labute approximate surface area is 119 Å². The standard InChI is InChI=1S/C13H21FN2O3S/c1-8(2)4-10(7-17)16-20(18,19)11-5-9(3)13(14)12(15)6-11/h5-6,8,10,16-17H,4,7,15H2,1-3H3. The van der Waals surface area contributed by atoms with Crippen molar-refractivity contribution in [1.29, 1.82) is 0 Å². The fourth-order valence-electron chi connectivity index (χ4n) is 1.93. The monoisotopic (exact) mass is 304 g/mol. The van der Waals surface area contributed by atoms with Gasteiger partial charge in [-0.05, 0) is 37.0 Å². The van der Waals surface area contributed by atoms with Gasteiger partial charge in [-0.25, -0.2) is 17.5 Å². The van der Waals surface area contributed by atoms with Gasteiger partial charge in [0.25, 0.3) is 0 Å². The molecule has 1 aromatic carbocycles. The van der Waals surface area contributed by atoms with Crippen LogP contribution < -0.4 is 10.5 Å². The minimum atomic E-state index is -3.84. The first kappa shape index (κ1) is 16.9. The van der Waals surface area contributed by atoms with Crippen LogP contribution in [0.5, 0.6) is 0 Å². The second kappa shape index (κ2) is 6.51. The number of halogens is 1. The van der Waals surface area contributed by atoms with Crippen molar-refractivity contribution < 1.29 is 17.9 Å². The summed E-state index contributed by atoms with van der Waals surface area (Å²) in [5.41, 5.74) is 5.39. The molecule has 0 amide bonds. The molecule has 0 saturated heterocycles. The van der Waals surface area contributed by atoms with Crippen molar-refractivity contribution in [3.8, 4) is 0 Å². The van der Waals surface area contributed by atoms with Crippen LogP contribution in [0.25, 0.3) is 0 Å². The van der Waals surface area contributed by atoms with Crippen molar-refractivity contribution in [2.24, 2.45) is 5.92 Å². The smallest absolute Gasteiger partial charge is 0.240 e. The van der Waals surface area contributed by atoms with Gasteiger partial charge in [0.2, 0.25) is 10.0 Å². The van der Waals surface area contributed by atoms with E-state index in [9.17, 15) is 17.9 Å². The summed E-state index contributed by atoms with van der Waals surface area (Å²) in [6.07, 6.45) is 0.505. The largest absolute Gasteiger partial charge is 0.396 e. The lowest BCUT2D eigenvalue weighted by Crippen LogP contribution is -2.38. The van der Waals surface area contributed by atoms with Gasteiger partial charge >= 0.3 is 0 Å². The summed E-state index contributed by atoms with van der Waals surface area (Å²) < 4.78 is 40.2. The average Bonchev–Trinajstić information content (AvgIpc) is 2.33. The first-order valence-corrected chi connectivity index (χ1v) is 7.84. The lowest BCUT2D eigenvalue weighted by atomic mass is 10.1. The molecule has 0 fully saturated rings. The van der Waals surface area contributed by atoms with Crippen LogP contribution in [0.2, 0.25) is 0 Å². The molecule has 1 rings (SSSR count). The Hall–Kier alpha value is -1.18. The molecule has 0 aliphatic heterocycles. The van der Waals surface area contributed by atoms with Gasteiger partial charge < -0.3 is 10.8 Å². The highest BCUT2D eigenvalue weighted by Gasteiger charge is 2.22. The number of nitrogens with two attached hydrogens (primary N) is 1. The van der Waals surface area contributed by atoms with Crippen LogP contribution in [0, 0.1) is 18.7 Å². The summed E-state index contributed by atoms with van der Waals surface area (Å²) in [7, 11) is -3.84. The second-order valence-corrected chi connectivity index (χ2v) is 6.99. The number of aryl methyl sites for hydroxylation is 1. The average molecular weight is 304 g/mol. The van der Waals surface area contributed by atoms with Gasteiger partial charge in [0, 0.05) is 6.04 Å². The number of hydrogen-bond acceptors (Lipinski definition) is 4. The molecule has 0 radical (unpaired) electrons. The van der Waals surface area contributed by atoms with Crippen LogP contribution in [0.1, 0.15) is 25.8 Å². The molecule has 1 aromatic rings. The van der Waals surface area contributed by atoms with E-state index in [1.807, 2.05) is 13.8 Å². The van der Waals surface area contributed by atoms with Gasteiger partial charge in [-0.1, -0.05) is 13.8 Å². The van der Waals surface area contributed by atoms with Crippen molar-refractivity contribution in [2.75, 3.05) is 12.3 Å². The number of hydrogen-bond donors (Lipinski definition) is 3. The van der Waals surface area contributed by atoms with E-state index in [1.165, 1.54) is 13.0 Å². The summed E-state index contributed by atoms with van der Waals surface area (Å²) in [4.78, 5) is -0.101. The van der Waals surface area contributed by atoms with E-state index in [-0.39, 0.29) is 28.7 Å². The minimum Gasteiger partial charge on any atom is -0.396 e. The van der Waals surface area contributed by atoms with Crippen molar-refractivity contribution >= 4 is 15.7 Å². The molecule has 0 bridgehead atoms. The Morgan fingerprint density at radius 1 is 1.40 bits per heavy atom. The number of anilines is 1. The minimum absolute atomic E-state index is 0.101. The normalized spacial score (nSPS) is 13.7. The van der Waals surface area contributed by atoms with Crippen LogP contribution in [0.4, 0.5) is 10.1 Å². The molecule has 1 unspecified atom stereocenters. The van der Waals surface area contributed by atoms with Crippen LogP contribution >= 0.6 is 0 Å². The third-order valence-electron chi connectivity index (χ3n) is 2.86. The van der Waals surface area contributed by atoms with E-state index in [4.69, 9.17) is 5.73 Å². The maximum Gasteiger partial charge on any atom is 0.240 e. The Bertz CT molecular complexity index is 550. The second-order valence-electron chi connectivity index (χ2n) is 5.27. The van der Waals surface area contributed by atoms with Crippen LogP contribution in [0.3, 0.4) is 0 Å². The maximum atomic E-state index is 13.4. The SMILES string of the molecule is Cc1cc(S(=O)(=O)NC(CO)CC(C)C)cc(N)c1F. The molecular formula is C13H21FN2O3S. The third-order valence-corrected chi connectivity index (χ3v) is 4.36. The molecule has 114 valence electrons. The molecule has 7 heteroatoms. The quantitative estimate of drug-likeness (QED) is 0.693. The van der Waals surface area contributed by atoms with E-state index < -0.39 is 21.9 Å². The highest BCUT2D eigenvalue weighted by Crippen LogP contribution is 2.21. The first-order chi connectivity index (χ1) is 9.17. The summed E-state index contributed by atoms with van der Waals surface area (Å²) >= 11 is 0. The third kappa shape index (κ3) is 4.16. The van der Waals surface area contributed by atoms with E-state index in [2.05, 4.69) is 4.72 Å². The number of nitrogen functional groups attached to an aromatic ring is 1. The number of aliphatic hydroxyl groups is 1. The lowest BCUT2D eigenvalue weighted by molar-refractivity contribution is 0.240. The highest BCUT2D eigenvalue weighted by atomic mass is 32.2. The van der Waals surface area contributed by atoms with Crippen LogP contribution in [-0.4, -0.2) is 26.2 Å². The van der Waals surface area contributed by atoms with Crippen LogP contribution in [-0.2, 0) is 10.0 Å². The molecule has 0 aromatic heterocycles. The number of aliphatic hydroxyl groups excluding tert-OH is 1. The molecule has 1 atom stereocenters. The molecule has 4 N–H and O–H groups in total. The first-order valence-electron chi connectivity index (χ1n) is 6.36. The Balaban J connectivity index is 3.05. The van der Waals surface area contributed by atoms with Gasteiger partial charge in [-0.3, -0.25) is 0 Å². The summed E-state index contributed by atoms with van der Waals surface area (Å²) in [6, 6.07) is 1.72. The van der Waals surface area contributed by atoms with Gasteiger partial charge in [0.15, 0.2) is 0 Å². The number of sulfonamides is 1. The molecule has 5 nitrogen and oxygen atoms in total. The predicted octanol–water partition coefficient (Wildman–Crippen LogP) is 1.40. The zero-order valence-corrected chi connectivity index (χ0v) is 12.7. The zero-order valence-electron chi connectivity index (χ0n) is 11.9. The van der Waals surface area contributed by atoms with E-state index >= 15 is 0 Å². The van der Waals surface area contributed by atoms with Crippen molar-refractivity contribution in [3.05, 3.63) is 23.5 Å². The summed E-state index contributed by atoms with van der Waals surface area (Å²) in [5, 5.41) is 9.23. The number of rotatable bonds is 6. The Morgan fingerprint density at radius 2 is 2.00 bits per heavy atom. The molecule has 20 heavy (non-hydrogen) atoms. The summed E-state index contributed by atoms with van der Waals surface area (Å²) in [6.45, 7) is 5.00. The predicted molar refractivity (Wildman–Crippen MR) is 76.2 cm³/mol. The number of benzene rings is 1. The van der Waals surface area contributed by atoms with E-state index in [1.54, 1.807) is 0 Å². The molecule has 0 heterocycles. The molecule has 0 saturated carbocycles. The van der Waals surface area contributed by atoms with E-state index in [0.29, 0.717) is 6.42 Å². The zero-order chi connectivity index (χ0) is 15.5. The van der Waals surface area contributed by atoms with Crippen molar-refractivity contribution in [3.63, 3.8) is 0 Å². The molecule has 0 aliphatic rings. The van der Waals surface area contributed by atoms with Gasteiger partial charge in [0.05, 0.1) is 17.2 Å². The van der Waals surface area contributed by atoms with Gasteiger partial charge in [0.1, 0.15) is 5.82 Å². The fraction of sp³-hybridized carbons (Fsp3) is 0.538. The van der Waals surface area contributed by atoms with Crippen molar-refractivity contribution in [1.82, 2.24) is 4.72 Å². The topological polar surface area (TPSA) is 92.4 Å².